The van der Waals surface area contributed by atoms with Crippen molar-refractivity contribution in [2.45, 2.75) is 45.6 Å². The molecule has 3 saturated heterocycles. The van der Waals surface area contributed by atoms with Crippen LogP contribution in [-0.4, -0.2) is 54.8 Å². The summed E-state index contributed by atoms with van der Waals surface area (Å²) in [5.41, 5.74) is 0.901. The molecule has 1 aromatic rings. The highest BCUT2D eigenvalue weighted by atomic mass is 16.6. The van der Waals surface area contributed by atoms with Crippen LogP contribution in [0.3, 0.4) is 0 Å². The SMILES string of the molecule is CCC1(CC)C[C@H](CCN2CC3CN(c4cccc(O)c4)CC3C2)OC1=O. The summed E-state index contributed by atoms with van der Waals surface area (Å²) in [6.07, 6.45) is 3.73. The molecule has 0 bridgehead atoms. The molecule has 3 fully saturated rings. The highest BCUT2D eigenvalue weighted by Gasteiger charge is 2.46. The van der Waals surface area contributed by atoms with Gasteiger partial charge in [0.15, 0.2) is 0 Å². The van der Waals surface area contributed by atoms with Crippen LogP contribution in [-0.2, 0) is 9.53 Å². The van der Waals surface area contributed by atoms with E-state index in [1.165, 1.54) is 0 Å². The van der Waals surface area contributed by atoms with E-state index < -0.39 is 0 Å². The molecule has 3 aliphatic rings. The van der Waals surface area contributed by atoms with Crippen LogP contribution in [0.25, 0.3) is 0 Å². The van der Waals surface area contributed by atoms with Gasteiger partial charge in [-0.2, -0.15) is 0 Å². The van der Waals surface area contributed by atoms with Gasteiger partial charge < -0.3 is 19.6 Å². The van der Waals surface area contributed by atoms with Gasteiger partial charge in [-0.15, -0.1) is 0 Å². The number of anilines is 1. The average Bonchev–Trinajstić information content (AvgIpc) is 3.31. The van der Waals surface area contributed by atoms with E-state index in [1.807, 2.05) is 12.1 Å². The fourth-order valence-corrected chi connectivity index (χ4v) is 5.33. The van der Waals surface area contributed by atoms with Crippen molar-refractivity contribution in [2.24, 2.45) is 17.3 Å². The fraction of sp³-hybridized carbons (Fsp3) is 0.682. The second-order valence-corrected chi connectivity index (χ2v) is 8.71. The summed E-state index contributed by atoms with van der Waals surface area (Å²) >= 11 is 0. The summed E-state index contributed by atoms with van der Waals surface area (Å²) in [5, 5.41) is 9.71. The monoisotopic (exact) mass is 372 g/mol. The van der Waals surface area contributed by atoms with Crippen molar-refractivity contribution in [3.63, 3.8) is 0 Å². The standard InChI is InChI=1S/C22H32N2O3/c1-3-22(4-2)11-20(27-21(22)26)8-9-23-12-16-14-24(15-17(16)13-23)18-6-5-7-19(25)10-18/h5-7,10,16-17,20,25H,3-4,8-9,11-15H2,1-2H3/t16?,17?,20-/m0/s1. The number of fused-ring (bicyclic) bond motifs is 1. The van der Waals surface area contributed by atoms with Crippen LogP contribution in [0.4, 0.5) is 5.69 Å². The summed E-state index contributed by atoms with van der Waals surface area (Å²) < 4.78 is 5.70. The molecule has 0 spiro atoms. The van der Waals surface area contributed by atoms with Gasteiger partial charge in [-0.1, -0.05) is 19.9 Å². The number of aromatic hydroxyl groups is 1. The number of esters is 1. The molecule has 4 rings (SSSR count). The van der Waals surface area contributed by atoms with Crippen LogP contribution in [0.1, 0.15) is 39.5 Å². The van der Waals surface area contributed by atoms with Crippen molar-refractivity contribution in [1.82, 2.24) is 4.90 Å². The van der Waals surface area contributed by atoms with Crippen molar-refractivity contribution in [2.75, 3.05) is 37.6 Å². The van der Waals surface area contributed by atoms with Gasteiger partial charge in [-0.05, 0) is 43.2 Å². The quantitative estimate of drug-likeness (QED) is 0.777. The number of hydrogen-bond acceptors (Lipinski definition) is 5. The number of cyclic esters (lactones) is 1. The Hall–Kier alpha value is -1.75. The number of hydrogen-bond donors (Lipinski definition) is 1. The molecule has 5 nitrogen and oxygen atoms in total. The first-order chi connectivity index (χ1) is 13.0. The lowest BCUT2D eigenvalue weighted by Gasteiger charge is -2.24. The molecule has 3 heterocycles. The Morgan fingerprint density at radius 3 is 2.44 bits per heavy atom. The summed E-state index contributed by atoms with van der Waals surface area (Å²) in [5.74, 6) is 1.76. The molecule has 3 aliphatic heterocycles. The van der Waals surface area contributed by atoms with Gasteiger partial charge in [0.2, 0.25) is 0 Å². The Morgan fingerprint density at radius 1 is 1.15 bits per heavy atom. The molecule has 3 atom stereocenters. The largest absolute Gasteiger partial charge is 0.508 e. The fourth-order valence-electron chi connectivity index (χ4n) is 5.33. The molecule has 1 aromatic carbocycles. The molecule has 0 aromatic heterocycles. The van der Waals surface area contributed by atoms with E-state index in [9.17, 15) is 9.90 Å². The molecule has 0 aliphatic carbocycles. The first kappa shape index (κ1) is 18.6. The maximum absolute atomic E-state index is 12.3. The number of benzene rings is 1. The molecule has 2 unspecified atom stereocenters. The van der Waals surface area contributed by atoms with Crippen LogP contribution in [0.5, 0.6) is 5.75 Å². The van der Waals surface area contributed by atoms with E-state index in [2.05, 4.69) is 29.7 Å². The topological polar surface area (TPSA) is 53.0 Å². The van der Waals surface area contributed by atoms with E-state index in [-0.39, 0.29) is 17.5 Å². The number of rotatable bonds is 6. The van der Waals surface area contributed by atoms with Gasteiger partial charge in [0.25, 0.3) is 0 Å². The van der Waals surface area contributed by atoms with Gasteiger partial charge in [0, 0.05) is 50.9 Å². The minimum absolute atomic E-state index is 0.0255. The highest BCUT2D eigenvalue weighted by molar-refractivity contribution is 5.78. The van der Waals surface area contributed by atoms with Gasteiger partial charge >= 0.3 is 5.97 Å². The van der Waals surface area contributed by atoms with Gasteiger partial charge in [-0.25, -0.2) is 0 Å². The van der Waals surface area contributed by atoms with Crippen LogP contribution < -0.4 is 4.90 Å². The molecule has 148 valence electrons. The zero-order chi connectivity index (χ0) is 19.0. The Kier molecular flexibility index (Phi) is 5.06. The molecular formula is C22H32N2O3. The lowest BCUT2D eigenvalue weighted by atomic mass is 9.79. The van der Waals surface area contributed by atoms with Crippen molar-refractivity contribution in [1.29, 1.82) is 0 Å². The van der Waals surface area contributed by atoms with Crippen LogP contribution >= 0.6 is 0 Å². The number of phenolic OH excluding ortho intramolecular Hbond substituents is 1. The Labute approximate surface area is 162 Å². The van der Waals surface area contributed by atoms with Gasteiger partial charge in [0.05, 0.1) is 5.41 Å². The molecule has 0 amide bonds. The maximum atomic E-state index is 12.3. The predicted octanol–water partition coefficient (Wildman–Crippen LogP) is 3.27. The van der Waals surface area contributed by atoms with Crippen LogP contribution in [0.15, 0.2) is 24.3 Å². The zero-order valence-corrected chi connectivity index (χ0v) is 16.6. The minimum atomic E-state index is -0.228. The Morgan fingerprint density at radius 2 is 1.85 bits per heavy atom. The van der Waals surface area contributed by atoms with E-state index >= 15 is 0 Å². The number of carbonyl (C=O) groups is 1. The Bertz CT molecular complexity index is 674. The van der Waals surface area contributed by atoms with Crippen molar-refractivity contribution in [3.8, 4) is 5.75 Å². The van der Waals surface area contributed by atoms with E-state index in [0.29, 0.717) is 17.6 Å². The lowest BCUT2D eigenvalue weighted by molar-refractivity contribution is -0.149. The normalized spacial score (nSPS) is 29.9. The Balaban J connectivity index is 1.26. The third kappa shape index (κ3) is 3.54. The zero-order valence-electron chi connectivity index (χ0n) is 16.6. The predicted molar refractivity (Wildman–Crippen MR) is 106 cm³/mol. The minimum Gasteiger partial charge on any atom is -0.508 e. The van der Waals surface area contributed by atoms with E-state index in [1.54, 1.807) is 6.07 Å². The van der Waals surface area contributed by atoms with Crippen molar-refractivity contribution < 1.29 is 14.6 Å². The number of nitrogens with zero attached hydrogens (tertiary/aromatic N) is 2. The number of ether oxygens (including phenoxy) is 1. The van der Waals surface area contributed by atoms with E-state index in [4.69, 9.17) is 4.74 Å². The van der Waals surface area contributed by atoms with Gasteiger partial charge in [-0.3, -0.25) is 4.79 Å². The number of phenols is 1. The first-order valence-electron chi connectivity index (χ1n) is 10.5. The van der Waals surface area contributed by atoms with Crippen molar-refractivity contribution in [3.05, 3.63) is 24.3 Å². The highest BCUT2D eigenvalue weighted by Crippen LogP contribution is 2.41. The van der Waals surface area contributed by atoms with Crippen LogP contribution in [0.2, 0.25) is 0 Å². The van der Waals surface area contributed by atoms with Crippen LogP contribution in [0, 0.1) is 17.3 Å². The summed E-state index contributed by atoms with van der Waals surface area (Å²) in [7, 11) is 0. The van der Waals surface area contributed by atoms with E-state index in [0.717, 1.165) is 64.1 Å². The number of carbonyl (C=O) groups excluding carboxylic acids is 1. The molecule has 0 saturated carbocycles. The number of likely N-dealkylation sites (tertiary alicyclic amines) is 1. The summed E-state index contributed by atoms with van der Waals surface area (Å²) in [6, 6.07) is 7.59. The summed E-state index contributed by atoms with van der Waals surface area (Å²) in [6.45, 7) is 9.64. The second-order valence-electron chi connectivity index (χ2n) is 8.71. The maximum Gasteiger partial charge on any atom is 0.312 e. The third-order valence-electron chi connectivity index (χ3n) is 7.20. The molecule has 27 heavy (non-hydrogen) atoms. The molecule has 5 heteroatoms. The molecule has 0 radical (unpaired) electrons. The first-order valence-corrected chi connectivity index (χ1v) is 10.5. The lowest BCUT2D eigenvalue weighted by Crippen LogP contribution is -2.30. The van der Waals surface area contributed by atoms with Crippen molar-refractivity contribution >= 4 is 11.7 Å². The smallest absolute Gasteiger partial charge is 0.312 e. The van der Waals surface area contributed by atoms with Gasteiger partial charge in [0.1, 0.15) is 11.9 Å². The summed E-state index contributed by atoms with van der Waals surface area (Å²) in [4.78, 5) is 17.2. The average molecular weight is 373 g/mol. The third-order valence-corrected chi connectivity index (χ3v) is 7.20. The molecule has 1 N–H and O–H groups in total. The second kappa shape index (κ2) is 7.34. The molecular weight excluding hydrogens is 340 g/mol.